The fourth-order valence-electron chi connectivity index (χ4n) is 2.04. The monoisotopic (exact) mass is 351 g/mol. The van der Waals surface area contributed by atoms with E-state index in [1.807, 2.05) is 7.05 Å². The fraction of sp³-hybridized carbons (Fsp3) is 0.250. The van der Waals surface area contributed by atoms with Gasteiger partial charge in [0.15, 0.2) is 0 Å². The van der Waals surface area contributed by atoms with Crippen molar-refractivity contribution < 1.29 is 0 Å². The highest BCUT2D eigenvalue weighted by atomic mass is 127. The molecule has 0 heterocycles. The fourth-order valence-corrected chi connectivity index (χ4v) is 2.40. The van der Waals surface area contributed by atoms with Gasteiger partial charge in [0.25, 0.3) is 0 Å². The Morgan fingerprint density at radius 2 is 1.61 bits per heavy atom. The molecule has 0 spiro atoms. The minimum absolute atomic E-state index is 0.379. The first-order valence-corrected chi connectivity index (χ1v) is 7.25. The van der Waals surface area contributed by atoms with E-state index in [2.05, 4.69) is 83.4 Å². The van der Waals surface area contributed by atoms with Gasteiger partial charge in [-0.2, -0.15) is 0 Å². The van der Waals surface area contributed by atoms with Crippen molar-refractivity contribution in [3.8, 4) is 0 Å². The summed E-state index contributed by atoms with van der Waals surface area (Å²) < 4.78 is 1.28. The first-order valence-electron chi connectivity index (χ1n) is 6.17. The zero-order valence-electron chi connectivity index (χ0n) is 10.8. The van der Waals surface area contributed by atoms with Crippen molar-refractivity contribution >= 4 is 22.6 Å². The second kappa shape index (κ2) is 6.34. The summed E-state index contributed by atoms with van der Waals surface area (Å²) in [5.41, 5.74) is 4.03. The van der Waals surface area contributed by atoms with Gasteiger partial charge >= 0.3 is 0 Å². The normalized spacial score (nSPS) is 12.4. The Morgan fingerprint density at radius 3 is 2.17 bits per heavy atom. The van der Waals surface area contributed by atoms with Crippen LogP contribution in [0.1, 0.15) is 22.7 Å². The van der Waals surface area contributed by atoms with Crippen molar-refractivity contribution in [2.45, 2.75) is 19.4 Å². The van der Waals surface area contributed by atoms with Crippen LogP contribution in [0.3, 0.4) is 0 Å². The van der Waals surface area contributed by atoms with Crippen molar-refractivity contribution in [3.05, 3.63) is 68.8 Å². The average molecular weight is 351 g/mol. The van der Waals surface area contributed by atoms with Crippen LogP contribution in [0.4, 0.5) is 0 Å². The Hall–Kier alpha value is -0.870. The molecule has 94 valence electrons. The van der Waals surface area contributed by atoms with Crippen LogP contribution in [0.2, 0.25) is 0 Å². The lowest BCUT2D eigenvalue weighted by atomic mass is 9.98. The summed E-state index contributed by atoms with van der Waals surface area (Å²) in [6, 6.07) is 17.9. The van der Waals surface area contributed by atoms with Gasteiger partial charge in [0.2, 0.25) is 0 Å². The number of benzene rings is 2. The molecule has 2 aromatic carbocycles. The number of nitrogens with one attached hydrogen (secondary N) is 1. The molecule has 0 aliphatic rings. The van der Waals surface area contributed by atoms with Crippen LogP contribution in [0.25, 0.3) is 0 Å². The lowest BCUT2D eigenvalue weighted by Gasteiger charge is -2.17. The maximum Gasteiger partial charge on any atom is 0.0358 e. The van der Waals surface area contributed by atoms with Gasteiger partial charge in [0.1, 0.15) is 0 Å². The van der Waals surface area contributed by atoms with E-state index < -0.39 is 0 Å². The van der Waals surface area contributed by atoms with E-state index in [4.69, 9.17) is 0 Å². The summed E-state index contributed by atoms with van der Waals surface area (Å²) in [5, 5.41) is 3.40. The molecule has 18 heavy (non-hydrogen) atoms. The van der Waals surface area contributed by atoms with Crippen molar-refractivity contribution in [1.29, 1.82) is 0 Å². The number of halogens is 1. The number of likely N-dealkylation sites (N-methyl/N-ethyl adjacent to an activating group) is 1. The number of hydrogen-bond acceptors (Lipinski definition) is 1. The lowest BCUT2D eigenvalue weighted by Crippen LogP contribution is -2.18. The van der Waals surface area contributed by atoms with Gasteiger partial charge in [0.05, 0.1) is 0 Å². The molecule has 0 saturated carbocycles. The molecule has 0 fully saturated rings. The molecular formula is C16H18IN. The van der Waals surface area contributed by atoms with E-state index in [9.17, 15) is 0 Å². The molecule has 0 saturated heterocycles. The Labute approximate surface area is 123 Å². The highest BCUT2D eigenvalue weighted by Gasteiger charge is 2.09. The van der Waals surface area contributed by atoms with E-state index in [1.165, 1.54) is 20.3 Å². The highest BCUT2D eigenvalue weighted by molar-refractivity contribution is 14.1. The van der Waals surface area contributed by atoms with Crippen LogP contribution in [0.15, 0.2) is 48.5 Å². The first kappa shape index (κ1) is 13.6. The summed E-state index contributed by atoms with van der Waals surface area (Å²) in [6.45, 7) is 2.12. The smallest absolute Gasteiger partial charge is 0.0358 e. The van der Waals surface area contributed by atoms with E-state index in [0.717, 1.165) is 6.42 Å². The average Bonchev–Trinajstić information content (AvgIpc) is 2.39. The van der Waals surface area contributed by atoms with Gasteiger partial charge in [-0.3, -0.25) is 0 Å². The molecule has 0 aliphatic heterocycles. The Bertz CT molecular complexity index is 488. The molecule has 0 aliphatic carbocycles. The second-order valence-electron chi connectivity index (χ2n) is 4.58. The topological polar surface area (TPSA) is 12.0 Å². The third-order valence-electron chi connectivity index (χ3n) is 3.18. The summed E-state index contributed by atoms with van der Waals surface area (Å²) in [6.07, 6.45) is 1.03. The van der Waals surface area contributed by atoms with Gasteiger partial charge < -0.3 is 5.32 Å². The number of hydrogen-bond donors (Lipinski definition) is 1. The van der Waals surface area contributed by atoms with Crippen LogP contribution in [0.5, 0.6) is 0 Å². The maximum atomic E-state index is 3.40. The summed E-state index contributed by atoms with van der Waals surface area (Å²) in [5.74, 6) is 0. The molecule has 0 amide bonds. The first-order chi connectivity index (χ1) is 8.69. The van der Waals surface area contributed by atoms with E-state index in [-0.39, 0.29) is 0 Å². The predicted octanol–water partition coefficient (Wildman–Crippen LogP) is 4.10. The van der Waals surface area contributed by atoms with Crippen LogP contribution >= 0.6 is 22.6 Å². The van der Waals surface area contributed by atoms with Gasteiger partial charge in [-0.15, -0.1) is 0 Å². The molecule has 1 nitrogen and oxygen atoms in total. The van der Waals surface area contributed by atoms with Gasteiger partial charge in [-0.25, -0.2) is 0 Å². The van der Waals surface area contributed by atoms with Crippen molar-refractivity contribution in [3.63, 3.8) is 0 Å². The van der Waals surface area contributed by atoms with Crippen LogP contribution in [-0.4, -0.2) is 7.05 Å². The molecule has 2 heteroatoms. The summed E-state index contributed by atoms with van der Waals surface area (Å²) >= 11 is 2.34. The van der Waals surface area contributed by atoms with E-state index in [1.54, 1.807) is 0 Å². The van der Waals surface area contributed by atoms with E-state index in [0.29, 0.717) is 6.04 Å². The molecule has 2 aromatic rings. The third kappa shape index (κ3) is 3.56. The predicted molar refractivity (Wildman–Crippen MR) is 85.8 cm³/mol. The SMILES string of the molecule is CNC(Cc1ccc(C)cc1)c1ccc(I)cc1. The quantitative estimate of drug-likeness (QED) is 0.818. The standard InChI is InChI=1S/C16H18IN/c1-12-3-5-13(6-4-12)11-16(18-2)14-7-9-15(17)10-8-14/h3-10,16,18H,11H2,1-2H3. The van der Waals surface area contributed by atoms with Crippen LogP contribution < -0.4 is 5.32 Å². The minimum atomic E-state index is 0.379. The van der Waals surface area contributed by atoms with Crippen LogP contribution in [-0.2, 0) is 6.42 Å². The van der Waals surface area contributed by atoms with Crippen molar-refractivity contribution in [2.24, 2.45) is 0 Å². The molecule has 1 N–H and O–H groups in total. The van der Waals surface area contributed by atoms with Crippen molar-refractivity contribution in [2.75, 3.05) is 7.05 Å². The highest BCUT2D eigenvalue weighted by Crippen LogP contribution is 2.19. The van der Waals surface area contributed by atoms with Gasteiger partial charge in [-0.05, 0) is 66.2 Å². The molecule has 0 radical (unpaired) electrons. The minimum Gasteiger partial charge on any atom is -0.313 e. The van der Waals surface area contributed by atoms with Gasteiger partial charge in [0, 0.05) is 9.61 Å². The molecule has 2 rings (SSSR count). The molecule has 0 bridgehead atoms. The summed E-state index contributed by atoms with van der Waals surface area (Å²) in [7, 11) is 2.02. The largest absolute Gasteiger partial charge is 0.313 e. The Morgan fingerprint density at radius 1 is 1.00 bits per heavy atom. The zero-order chi connectivity index (χ0) is 13.0. The maximum absolute atomic E-state index is 3.40. The molecule has 1 atom stereocenters. The molecular weight excluding hydrogens is 333 g/mol. The Balaban J connectivity index is 2.14. The third-order valence-corrected chi connectivity index (χ3v) is 3.90. The van der Waals surface area contributed by atoms with Crippen molar-refractivity contribution in [1.82, 2.24) is 5.32 Å². The van der Waals surface area contributed by atoms with Crippen LogP contribution in [0, 0.1) is 10.5 Å². The number of aryl methyl sites for hydroxylation is 1. The second-order valence-corrected chi connectivity index (χ2v) is 5.83. The van der Waals surface area contributed by atoms with E-state index >= 15 is 0 Å². The molecule has 1 unspecified atom stereocenters. The Kier molecular flexibility index (Phi) is 4.78. The molecule has 0 aromatic heterocycles. The zero-order valence-corrected chi connectivity index (χ0v) is 12.9. The van der Waals surface area contributed by atoms with Gasteiger partial charge in [-0.1, -0.05) is 42.0 Å². The lowest BCUT2D eigenvalue weighted by molar-refractivity contribution is 0.592. The number of rotatable bonds is 4. The summed E-state index contributed by atoms with van der Waals surface area (Å²) in [4.78, 5) is 0.